The van der Waals surface area contributed by atoms with Gasteiger partial charge in [0.15, 0.2) is 11.6 Å². The molecule has 196 valence electrons. The van der Waals surface area contributed by atoms with Crippen LogP contribution < -0.4 is 27.1 Å². The molecular formula is C26H21Cl2F2N5O3. The van der Waals surface area contributed by atoms with Gasteiger partial charge in [-0.2, -0.15) is 0 Å². The van der Waals surface area contributed by atoms with E-state index in [1.54, 1.807) is 0 Å². The van der Waals surface area contributed by atoms with Crippen molar-refractivity contribution in [3.05, 3.63) is 106 Å². The van der Waals surface area contributed by atoms with Gasteiger partial charge in [0.25, 0.3) is 11.5 Å². The highest BCUT2D eigenvalue weighted by molar-refractivity contribution is 6.04. The molecule has 8 nitrogen and oxygen atoms in total. The van der Waals surface area contributed by atoms with E-state index in [9.17, 15) is 18.4 Å². The first kappa shape index (κ1) is 29.8. The van der Waals surface area contributed by atoms with E-state index in [1.165, 1.54) is 71.6 Å². The summed E-state index contributed by atoms with van der Waals surface area (Å²) in [7, 11) is 0. The number of amides is 1. The molecule has 0 fully saturated rings. The second-order valence-electron chi connectivity index (χ2n) is 7.35. The normalized spacial score (nSPS) is 9.76. The highest BCUT2D eigenvalue weighted by Crippen LogP contribution is 2.30. The van der Waals surface area contributed by atoms with E-state index in [4.69, 9.17) is 16.2 Å². The molecule has 0 saturated carbocycles. The summed E-state index contributed by atoms with van der Waals surface area (Å²) in [5.41, 5.74) is 11.2. The first-order valence-corrected chi connectivity index (χ1v) is 10.6. The third kappa shape index (κ3) is 6.66. The molecule has 2 aromatic carbocycles. The van der Waals surface area contributed by atoms with Crippen molar-refractivity contribution in [1.29, 1.82) is 0 Å². The highest BCUT2D eigenvalue weighted by Gasteiger charge is 2.16. The third-order valence-corrected chi connectivity index (χ3v) is 4.96. The maximum absolute atomic E-state index is 14.8. The van der Waals surface area contributed by atoms with Gasteiger partial charge in [0.05, 0.1) is 6.54 Å². The molecule has 2 heterocycles. The number of anilines is 2. The van der Waals surface area contributed by atoms with Gasteiger partial charge in [-0.25, -0.2) is 13.8 Å². The van der Waals surface area contributed by atoms with E-state index in [-0.39, 0.29) is 65.5 Å². The molecule has 4 rings (SSSR count). The molecule has 0 unspecified atom stereocenters. The van der Waals surface area contributed by atoms with Gasteiger partial charge in [-0.15, -0.1) is 24.8 Å². The van der Waals surface area contributed by atoms with Crippen LogP contribution in [-0.4, -0.2) is 22.0 Å². The summed E-state index contributed by atoms with van der Waals surface area (Å²) < 4.78 is 34.8. The second kappa shape index (κ2) is 13.2. The smallest absolute Gasteiger partial charge is 0.267 e. The maximum Gasteiger partial charge on any atom is 0.267 e. The lowest BCUT2D eigenvalue weighted by Gasteiger charge is -2.12. The Hall–Kier alpha value is -4.43. The number of pyridine rings is 2. The Morgan fingerprint density at radius 1 is 1.05 bits per heavy atom. The van der Waals surface area contributed by atoms with Crippen LogP contribution in [0, 0.1) is 23.5 Å². The lowest BCUT2D eigenvalue weighted by Crippen LogP contribution is -2.27. The molecule has 0 spiro atoms. The number of rotatable bonds is 5. The van der Waals surface area contributed by atoms with Crippen molar-refractivity contribution in [2.45, 2.75) is 0 Å². The van der Waals surface area contributed by atoms with Crippen molar-refractivity contribution in [2.24, 2.45) is 5.73 Å². The zero-order chi connectivity index (χ0) is 25.7. The number of carbonyl (C=O) groups excluding carboxylic acids is 1. The number of halogens is 4. The van der Waals surface area contributed by atoms with E-state index < -0.39 is 23.1 Å². The first-order valence-electron chi connectivity index (χ1n) is 10.6. The molecule has 0 aliphatic carbocycles. The SMILES string of the molecule is Cl.Cl.NCC#Cc1c(Oc2ccc(NC(=O)c3cccn(-c4ccc(F)cc4)c3=O)cc2F)ccnc1N. The summed E-state index contributed by atoms with van der Waals surface area (Å²) in [4.78, 5) is 29.5. The Morgan fingerprint density at radius 3 is 2.47 bits per heavy atom. The molecule has 0 radical (unpaired) electrons. The van der Waals surface area contributed by atoms with Crippen molar-refractivity contribution < 1.29 is 18.3 Å². The Balaban J connectivity index is 0.00000253. The average Bonchev–Trinajstić information content (AvgIpc) is 2.86. The molecule has 0 saturated heterocycles. The van der Waals surface area contributed by atoms with Crippen LogP contribution in [-0.2, 0) is 0 Å². The average molecular weight is 560 g/mol. The van der Waals surface area contributed by atoms with E-state index in [0.717, 1.165) is 6.07 Å². The van der Waals surface area contributed by atoms with Gasteiger partial charge < -0.3 is 21.5 Å². The van der Waals surface area contributed by atoms with E-state index in [1.807, 2.05) is 0 Å². The number of nitrogens with two attached hydrogens (primary N) is 2. The van der Waals surface area contributed by atoms with Crippen LogP contribution in [0.3, 0.4) is 0 Å². The summed E-state index contributed by atoms with van der Waals surface area (Å²) in [6.45, 7) is 0.0902. The van der Waals surface area contributed by atoms with Gasteiger partial charge in [0.1, 0.15) is 28.5 Å². The number of carbonyl (C=O) groups is 1. The van der Waals surface area contributed by atoms with Crippen LogP contribution in [0.4, 0.5) is 20.3 Å². The van der Waals surface area contributed by atoms with Gasteiger partial charge >= 0.3 is 0 Å². The number of benzene rings is 2. The summed E-state index contributed by atoms with van der Waals surface area (Å²) in [5, 5.41) is 2.49. The molecule has 0 aliphatic rings. The zero-order valence-corrected chi connectivity index (χ0v) is 21.1. The molecule has 2 aromatic heterocycles. The predicted octanol–water partition coefficient (Wildman–Crippen LogP) is 4.29. The van der Waals surface area contributed by atoms with Crippen LogP contribution in [0.5, 0.6) is 11.5 Å². The topological polar surface area (TPSA) is 125 Å². The Kier molecular flexibility index (Phi) is 10.4. The van der Waals surface area contributed by atoms with Crippen molar-refractivity contribution in [1.82, 2.24) is 9.55 Å². The molecule has 12 heteroatoms. The standard InChI is InChI=1S/C26H19F2N5O3.2ClH/c27-16-5-8-18(9-6-16)33-14-2-4-20(26(33)35)25(34)32-17-7-10-23(21(28)15-17)36-22-11-13-31-24(30)19(22)3-1-12-29;;/h2,4-11,13-15H,12,29H2,(H2,30,31)(H,32,34);2*1H. The lowest BCUT2D eigenvalue weighted by atomic mass is 10.2. The van der Waals surface area contributed by atoms with Gasteiger partial charge in [0, 0.05) is 35.9 Å². The largest absolute Gasteiger partial charge is 0.453 e. The van der Waals surface area contributed by atoms with Gasteiger partial charge in [0.2, 0.25) is 0 Å². The molecule has 0 atom stereocenters. The van der Waals surface area contributed by atoms with Crippen LogP contribution in [0.2, 0.25) is 0 Å². The molecule has 1 amide bonds. The highest BCUT2D eigenvalue weighted by atomic mass is 35.5. The number of ether oxygens (including phenoxy) is 1. The summed E-state index contributed by atoms with van der Waals surface area (Å²) in [6, 6.07) is 13.3. The quantitative estimate of drug-likeness (QED) is 0.313. The van der Waals surface area contributed by atoms with Crippen LogP contribution >= 0.6 is 24.8 Å². The molecular weight excluding hydrogens is 539 g/mol. The maximum atomic E-state index is 14.8. The monoisotopic (exact) mass is 559 g/mol. The minimum Gasteiger partial charge on any atom is -0.453 e. The first-order chi connectivity index (χ1) is 17.4. The number of nitrogen functional groups attached to an aromatic ring is 1. The summed E-state index contributed by atoms with van der Waals surface area (Å²) >= 11 is 0. The van der Waals surface area contributed by atoms with E-state index in [0.29, 0.717) is 5.69 Å². The molecule has 0 bridgehead atoms. The van der Waals surface area contributed by atoms with Gasteiger partial charge in [-0.3, -0.25) is 14.2 Å². The van der Waals surface area contributed by atoms with Crippen molar-refractivity contribution >= 4 is 42.2 Å². The van der Waals surface area contributed by atoms with E-state index in [2.05, 4.69) is 22.1 Å². The van der Waals surface area contributed by atoms with Gasteiger partial charge in [-0.1, -0.05) is 11.8 Å². The number of hydrogen-bond acceptors (Lipinski definition) is 6. The third-order valence-electron chi connectivity index (χ3n) is 4.96. The number of hydrogen-bond donors (Lipinski definition) is 3. The summed E-state index contributed by atoms with van der Waals surface area (Å²) in [5.74, 6) is 3.55. The fourth-order valence-electron chi connectivity index (χ4n) is 3.26. The summed E-state index contributed by atoms with van der Waals surface area (Å²) in [6.07, 6.45) is 2.85. The van der Waals surface area contributed by atoms with Crippen molar-refractivity contribution in [3.63, 3.8) is 0 Å². The van der Waals surface area contributed by atoms with Crippen LogP contribution in [0.15, 0.2) is 77.9 Å². The molecule has 0 aliphatic heterocycles. The van der Waals surface area contributed by atoms with Crippen LogP contribution in [0.25, 0.3) is 5.69 Å². The predicted molar refractivity (Wildman–Crippen MR) is 146 cm³/mol. The Labute approximate surface area is 228 Å². The zero-order valence-electron chi connectivity index (χ0n) is 19.5. The van der Waals surface area contributed by atoms with Gasteiger partial charge in [-0.05, 0) is 48.5 Å². The van der Waals surface area contributed by atoms with Crippen molar-refractivity contribution in [3.8, 4) is 29.0 Å². The Bertz CT molecular complexity index is 1570. The molecule has 38 heavy (non-hydrogen) atoms. The van der Waals surface area contributed by atoms with Crippen LogP contribution in [0.1, 0.15) is 15.9 Å². The van der Waals surface area contributed by atoms with Crippen molar-refractivity contribution in [2.75, 3.05) is 17.6 Å². The number of nitrogens with zero attached hydrogens (tertiary/aromatic N) is 2. The second-order valence-corrected chi connectivity index (χ2v) is 7.35. The number of aromatic nitrogens is 2. The van der Waals surface area contributed by atoms with E-state index >= 15 is 0 Å². The Morgan fingerprint density at radius 2 is 1.79 bits per heavy atom. The number of nitrogens with one attached hydrogen (secondary N) is 1. The minimum absolute atomic E-state index is 0. The fourth-order valence-corrected chi connectivity index (χ4v) is 3.26. The minimum atomic E-state index is -0.780. The fraction of sp³-hybridized carbons (Fsp3) is 0.0385. The lowest BCUT2D eigenvalue weighted by molar-refractivity contribution is 0.102. The molecule has 5 N–H and O–H groups in total. The molecule has 4 aromatic rings.